The fourth-order valence-electron chi connectivity index (χ4n) is 2.51. The lowest BCUT2D eigenvalue weighted by atomic mass is 10.0. The molecule has 4 heteroatoms. The van der Waals surface area contributed by atoms with Crippen molar-refractivity contribution in [2.45, 2.75) is 38.8 Å². The number of β-amino-alcohol motifs (C(OH)–C–C–N with tert-alkyl or cyclic N) is 1. The Bertz CT molecular complexity index is 453. The fraction of sp³-hybridized carbons (Fsp3) is 0.533. The van der Waals surface area contributed by atoms with Crippen LogP contribution in [0.15, 0.2) is 24.3 Å². The summed E-state index contributed by atoms with van der Waals surface area (Å²) < 4.78 is 5.49. The lowest BCUT2D eigenvalue weighted by Crippen LogP contribution is -2.45. The molecule has 0 spiro atoms. The number of amides is 1. The van der Waals surface area contributed by atoms with Crippen molar-refractivity contribution in [2.24, 2.45) is 0 Å². The van der Waals surface area contributed by atoms with E-state index in [-0.39, 0.29) is 18.1 Å². The van der Waals surface area contributed by atoms with Gasteiger partial charge in [0.25, 0.3) is 5.91 Å². The molecule has 0 bridgehead atoms. The van der Waals surface area contributed by atoms with E-state index in [1.54, 1.807) is 4.90 Å². The third-order valence-corrected chi connectivity index (χ3v) is 3.54. The molecule has 1 aromatic carbocycles. The molecule has 1 atom stereocenters. The SMILES string of the molecule is Cc1ccc(OCC(=O)N2CC(O)CC2(C)C)cc1. The monoisotopic (exact) mass is 263 g/mol. The van der Waals surface area contributed by atoms with Crippen LogP contribution < -0.4 is 4.74 Å². The molecule has 1 aliphatic heterocycles. The Balaban J connectivity index is 1.93. The van der Waals surface area contributed by atoms with Crippen LogP contribution >= 0.6 is 0 Å². The van der Waals surface area contributed by atoms with Gasteiger partial charge in [-0.15, -0.1) is 0 Å². The lowest BCUT2D eigenvalue weighted by molar-refractivity contribution is -0.136. The molecule has 1 amide bonds. The second-order valence-electron chi connectivity index (χ2n) is 5.78. The first-order valence-electron chi connectivity index (χ1n) is 6.56. The van der Waals surface area contributed by atoms with Crippen molar-refractivity contribution in [3.8, 4) is 5.75 Å². The number of carbonyl (C=O) groups excluding carboxylic acids is 1. The van der Waals surface area contributed by atoms with Gasteiger partial charge in [0, 0.05) is 12.1 Å². The van der Waals surface area contributed by atoms with Gasteiger partial charge in [-0.3, -0.25) is 4.79 Å². The Morgan fingerprint density at radius 2 is 2.05 bits per heavy atom. The molecule has 1 heterocycles. The molecule has 1 fully saturated rings. The third kappa shape index (κ3) is 3.26. The molecule has 0 aromatic heterocycles. The minimum atomic E-state index is -0.432. The number of rotatable bonds is 3. The Kier molecular flexibility index (Phi) is 3.80. The minimum Gasteiger partial charge on any atom is -0.484 e. The zero-order valence-electron chi connectivity index (χ0n) is 11.7. The molecule has 1 saturated heterocycles. The van der Waals surface area contributed by atoms with E-state index in [0.717, 1.165) is 5.56 Å². The predicted octanol–water partition coefficient (Wildman–Crippen LogP) is 1.75. The second kappa shape index (κ2) is 5.21. The molecular weight excluding hydrogens is 242 g/mol. The quantitative estimate of drug-likeness (QED) is 0.903. The Morgan fingerprint density at radius 3 is 2.58 bits per heavy atom. The summed E-state index contributed by atoms with van der Waals surface area (Å²) in [5.74, 6) is 0.610. The van der Waals surface area contributed by atoms with Crippen LogP contribution in [0.4, 0.5) is 0 Å². The van der Waals surface area contributed by atoms with Crippen molar-refractivity contribution in [3.63, 3.8) is 0 Å². The number of hydrogen-bond acceptors (Lipinski definition) is 3. The topological polar surface area (TPSA) is 49.8 Å². The number of nitrogens with zero attached hydrogens (tertiary/aromatic N) is 1. The van der Waals surface area contributed by atoms with Gasteiger partial charge in [-0.25, -0.2) is 0 Å². The molecule has 4 nitrogen and oxygen atoms in total. The van der Waals surface area contributed by atoms with E-state index in [4.69, 9.17) is 4.74 Å². The second-order valence-corrected chi connectivity index (χ2v) is 5.78. The van der Waals surface area contributed by atoms with Crippen molar-refractivity contribution in [1.82, 2.24) is 4.90 Å². The summed E-state index contributed by atoms with van der Waals surface area (Å²) in [7, 11) is 0. The number of hydrogen-bond donors (Lipinski definition) is 1. The van der Waals surface area contributed by atoms with Crippen LogP contribution in [-0.4, -0.2) is 40.7 Å². The molecular formula is C15H21NO3. The van der Waals surface area contributed by atoms with Gasteiger partial charge in [-0.1, -0.05) is 17.7 Å². The van der Waals surface area contributed by atoms with Crippen molar-refractivity contribution >= 4 is 5.91 Å². The van der Waals surface area contributed by atoms with Crippen LogP contribution in [0.5, 0.6) is 5.75 Å². The Labute approximate surface area is 114 Å². The maximum absolute atomic E-state index is 12.1. The number of aliphatic hydroxyl groups excluding tert-OH is 1. The van der Waals surface area contributed by atoms with E-state index < -0.39 is 6.10 Å². The zero-order chi connectivity index (χ0) is 14.0. The van der Waals surface area contributed by atoms with E-state index in [9.17, 15) is 9.90 Å². The zero-order valence-corrected chi connectivity index (χ0v) is 11.7. The van der Waals surface area contributed by atoms with Gasteiger partial charge in [-0.05, 0) is 39.3 Å². The predicted molar refractivity (Wildman–Crippen MR) is 73.1 cm³/mol. The highest BCUT2D eigenvalue weighted by atomic mass is 16.5. The van der Waals surface area contributed by atoms with Gasteiger partial charge in [-0.2, -0.15) is 0 Å². The van der Waals surface area contributed by atoms with Gasteiger partial charge in [0.05, 0.1) is 6.10 Å². The van der Waals surface area contributed by atoms with E-state index >= 15 is 0 Å². The summed E-state index contributed by atoms with van der Waals surface area (Å²) in [5, 5.41) is 9.67. The van der Waals surface area contributed by atoms with E-state index in [0.29, 0.717) is 18.7 Å². The molecule has 1 aromatic rings. The van der Waals surface area contributed by atoms with E-state index in [1.807, 2.05) is 45.0 Å². The summed E-state index contributed by atoms with van der Waals surface area (Å²) in [6.45, 7) is 6.34. The van der Waals surface area contributed by atoms with Crippen LogP contribution in [0.1, 0.15) is 25.8 Å². The number of likely N-dealkylation sites (tertiary alicyclic amines) is 1. The Hall–Kier alpha value is -1.55. The lowest BCUT2D eigenvalue weighted by Gasteiger charge is -2.31. The van der Waals surface area contributed by atoms with Crippen molar-refractivity contribution in [3.05, 3.63) is 29.8 Å². The van der Waals surface area contributed by atoms with Gasteiger partial charge in [0.2, 0.25) is 0 Å². The molecule has 2 rings (SSSR count). The molecule has 19 heavy (non-hydrogen) atoms. The highest BCUT2D eigenvalue weighted by Gasteiger charge is 2.40. The van der Waals surface area contributed by atoms with Gasteiger partial charge in [0.1, 0.15) is 5.75 Å². The maximum Gasteiger partial charge on any atom is 0.261 e. The highest BCUT2D eigenvalue weighted by Crippen LogP contribution is 2.28. The van der Waals surface area contributed by atoms with Crippen LogP contribution in [0.3, 0.4) is 0 Å². The Morgan fingerprint density at radius 1 is 1.42 bits per heavy atom. The first-order chi connectivity index (χ1) is 8.88. The van der Waals surface area contributed by atoms with Crippen LogP contribution in [0.2, 0.25) is 0 Å². The van der Waals surface area contributed by atoms with Crippen LogP contribution in [0, 0.1) is 6.92 Å². The molecule has 1 unspecified atom stereocenters. The largest absolute Gasteiger partial charge is 0.484 e. The number of carbonyl (C=O) groups is 1. The number of ether oxygens (including phenoxy) is 1. The van der Waals surface area contributed by atoms with Crippen LogP contribution in [-0.2, 0) is 4.79 Å². The number of benzene rings is 1. The minimum absolute atomic E-state index is 0.0131. The summed E-state index contributed by atoms with van der Waals surface area (Å²) in [6, 6.07) is 7.60. The number of aliphatic hydroxyl groups is 1. The van der Waals surface area contributed by atoms with Crippen molar-refractivity contribution < 1.29 is 14.6 Å². The highest BCUT2D eigenvalue weighted by molar-refractivity contribution is 5.79. The molecule has 1 N–H and O–H groups in total. The van der Waals surface area contributed by atoms with Crippen molar-refractivity contribution in [2.75, 3.05) is 13.2 Å². The summed E-state index contributed by atoms with van der Waals surface area (Å²) in [6.07, 6.45) is 0.182. The summed E-state index contributed by atoms with van der Waals surface area (Å²) in [4.78, 5) is 13.8. The standard InChI is InChI=1S/C15H21NO3/c1-11-4-6-13(7-5-11)19-10-14(18)16-9-12(17)8-15(16,2)3/h4-7,12,17H,8-10H2,1-3H3. The van der Waals surface area contributed by atoms with Crippen molar-refractivity contribution in [1.29, 1.82) is 0 Å². The smallest absolute Gasteiger partial charge is 0.261 e. The average Bonchev–Trinajstić information content (AvgIpc) is 2.61. The average molecular weight is 263 g/mol. The first-order valence-corrected chi connectivity index (χ1v) is 6.56. The fourth-order valence-corrected chi connectivity index (χ4v) is 2.51. The van der Waals surface area contributed by atoms with Crippen LogP contribution in [0.25, 0.3) is 0 Å². The first kappa shape index (κ1) is 13.9. The van der Waals surface area contributed by atoms with E-state index in [2.05, 4.69) is 0 Å². The van der Waals surface area contributed by atoms with E-state index in [1.165, 1.54) is 0 Å². The molecule has 1 aliphatic rings. The normalized spacial score (nSPS) is 21.5. The molecule has 0 saturated carbocycles. The molecule has 0 aliphatic carbocycles. The van der Waals surface area contributed by atoms with Gasteiger partial charge < -0.3 is 14.7 Å². The third-order valence-electron chi connectivity index (χ3n) is 3.54. The maximum atomic E-state index is 12.1. The van der Waals surface area contributed by atoms with Gasteiger partial charge in [0.15, 0.2) is 6.61 Å². The number of aryl methyl sites for hydroxylation is 1. The molecule has 0 radical (unpaired) electrons. The van der Waals surface area contributed by atoms with Gasteiger partial charge >= 0.3 is 0 Å². The summed E-state index contributed by atoms with van der Waals surface area (Å²) >= 11 is 0. The molecule has 104 valence electrons. The summed E-state index contributed by atoms with van der Waals surface area (Å²) in [5.41, 5.74) is 0.857.